The number of H-pyrrole nitrogens is 1. The van der Waals surface area contributed by atoms with Crippen LogP contribution in [0.4, 0.5) is 4.39 Å². The van der Waals surface area contributed by atoms with Crippen LogP contribution in [0.1, 0.15) is 11.4 Å². The van der Waals surface area contributed by atoms with E-state index in [4.69, 9.17) is 0 Å². The lowest BCUT2D eigenvalue weighted by atomic mass is 10.1. The molecule has 0 bridgehead atoms. The monoisotopic (exact) mass is 274 g/mol. The standard InChI is InChI=1S/C14H11FN2OS/c1-7-11-13(18)16-8(2)17-14(11)19-12(7)9-3-5-10(15)6-4-9/h3-6H,1-2H3,(H,16,17,18). The van der Waals surface area contributed by atoms with Crippen molar-refractivity contribution in [2.45, 2.75) is 13.8 Å². The Morgan fingerprint density at radius 2 is 1.89 bits per heavy atom. The van der Waals surface area contributed by atoms with E-state index in [9.17, 15) is 9.18 Å². The maximum absolute atomic E-state index is 13.0. The number of rotatable bonds is 1. The van der Waals surface area contributed by atoms with E-state index in [1.807, 2.05) is 6.92 Å². The van der Waals surface area contributed by atoms with Crippen molar-refractivity contribution in [2.75, 3.05) is 0 Å². The molecule has 2 heterocycles. The van der Waals surface area contributed by atoms with Gasteiger partial charge in [-0.25, -0.2) is 9.37 Å². The van der Waals surface area contributed by atoms with Crippen molar-refractivity contribution in [2.24, 2.45) is 0 Å². The zero-order chi connectivity index (χ0) is 13.6. The van der Waals surface area contributed by atoms with E-state index in [-0.39, 0.29) is 11.4 Å². The summed E-state index contributed by atoms with van der Waals surface area (Å²) in [6, 6.07) is 6.27. The van der Waals surface area contributed by atoms with Crippen molar-refractivity contribution >= 4 is 21.6 Å². The molecule has 3 nitrogen and oxygen atoms in total. The van der Waals surface area contributed by atoms with Crippen molar-refractivity contribution in [1.82, 2.24) is 9.97 Å². The molecule has 0 radical (unpaired) electrons. The van der Waals surface area contributed by atoms with Crippen LogP contribution in [0.5, 0.6) is 0 Å². The van der Waals surface area contributed by atoms with Gasteiger partial charge in [-0.1, -0.05) is 12.1 Å². The Labute approximate surface area is 112 Å². The van der Waals surface area contributed by atoms with E-state index in [1.165, 1.54) is 23.5 Å². The first-order valence-electron chi connectivity index (χ1n) is 5.82. The van der Waals surface area contributed by atoms with Gasteiger partial charge < -0.3 is 4.98 Å². The highest BCUT2D eigenvalue weighted by atomic mass is 32.1. The number of hydrogen-bond donors (Lipinski definition) is 1. The molecule has 0 spiro atoms. The van der Waals surface area contributed by atoms with Gasteiger partial charge in [0.05, 0.1) is 5.39 Å². The minimum Gasteiger partial charge on any atom is -0.310 e. The predicted molar refractivity (Wildman–Crippen MR) is 75.1 cm³/mol. The molecule has 0 fully saturated rings. The Bertz CT molecular complexity index is 818. The first kappa shape index (κ1) is 12.0. The number of thiophene rings is 1. The molecule has 0 aliphatic rings. The minimum absolute atomic E-state index is 0.121. The molecule has 0 aliphatic heterocycles. The lowest BCUT2D eigenvalue weighted by Crippen LogP contribution is -2.08. The van der Waals surface area contributed by atoms with Gasteiger partial charge in [0, 0.05) is 4.88 Å². The fourth-order valence-corrected chi connectivity index (χ4v) is 3.36. The Morgan fingerprint density at radius 3 is 2.58 bits per heavy atom. The number of fused-ring (bicyclic) bond motifs is 1. The topological polar surface area (TPSA) is 45.8 Å². The van der Waals surface area contributed by atoms with Gasteiger partial charge in [-0.15, -0.1) is 11.3 Å². The van der Waals surface area contributed by atoms with Crippen LogP contribution < -0.4 is 5.56 Å². The molecule has 0 aliphatic carbocycles. The molecule has 0 saturated heterocycles. The van der Waals surface area contributed by atoms with Crippen LogP contribution in [-0.2, 0) is 0 Å². The zero-order valence-electron chi connectivity index (χ0n) is 10.5. The second-order valence-corrected chi connectivity index (χ2v) is 5.39. The van der Waals surface area contributed by atoms with E-state index in [0.717, 1.165) is 20.8 Å². The van der Waals surface area contributed by atoms with Gasteiger partial charge in [0.1, 0.15) is 16.5 Å². The molecule has 19 heavy (non-hydrogen) atoms. The second kappa shape index (κ2) is 4.28. The number of halogens is 1. The molecule has 0 atom stereocenters. The summed E-state index contributed by atoms with van der Waals surface area (Å²) in [5.41, 5.74) is 1.67. The highest BCUT2D eigenvalue weighted by molar-refractivity contribution is 7.22. The van der Waals surface area contributed by atoms with Crippen LogP contribution in [0, 0.1) is 19.7 Å². The summed E-state index contributed by atoms with van der Waals surface area (Å²) in [4.78, 5) is 20.7. The highest BCUT2D eigenvalue weighted by Crippen LogP contribution is 2.35. The number of aromatic amines is 1. The van der Waals surface area contributed by atoms with Gasteiger partial charge >= 0.3 is 0 Å². The van der Waals surface area contributed by atoms with E-state index in [2.05, 4.69) is 9.97 Å². The molecular formula is C14H11FN2OS. The minimum atomic E-state index is -0.269. The third-order valence-corrected chi connectivity index (χ3v) is 4.26. The number of nitrogens with zero attached hydrogens (tertiary/aromatic N) is 1. The van der Waals surface area contributed by atoms with Crippen LogP contribution in [0.15, 0.2) is 29.1 Å². The lowest BCUT2D eigenvalue weighted by molar-refractivity contribution is 0.628. The van der Waals surface area contributed by atoms with Crippen LogP contribution in [0.3, 0.4) is 0 Å². The van der Waals surface area contributed by atoms with Gasteiger partial charge in [-0.3, -0.25) is 4.79 Å². The van der Waals surface area contributed by atoms with Gasteiger partial charge in [0.25, 0.3) is 5.56 Å². The molecule has 96 valence electrons. The van der Waals surface area contributed by atoms with Crippen molar-refractivity contribution in [3.8, 4) is 10.4 Å². The van der Waals surface area contributed by atoms with Crippen molar-refractivity contribution in [3.05, 3.63) is 51.8 Å². The summed E-state index contributed by atoms with van der Waals surface area (Å²) < 4.78 is 13.0. The predicted octanol–water partition coefficient (Wildman–Crippen LogP) is 3.41. The Morgan fingerprint density at radius 1 is 1.21 bits per heavy atom. The maximum atomic E-state index is 13.0. The van der Waals surface area contributed by atoms with Crippen molar-refractivity contribution in [3.63, 3.8) is 0 Å². The molecule has 1 aromatic carbocycles. The summed E-state index contributed by atoms with van der Waals surface area (Å²) in [5, 5.41) is 0.620. The Balaban J connectivity index is 2.31. The normalized spacial score (nSPS) is 11.1. The zero-order valence-corrected chi connectivity index (χ0v) is 11.3. The molecule has 0 saturated carbocycles. The van der Waals surface area contributed by atoms with E-state index in [1.54, 1.807) is 19.1 Å². The maximum Gasteiger partial charge on any atom is 0.259 e. The number of aryl methyl sites for hydroxylation is 2. The Hall–Kier alpha value is -2.01. The second-order valence-electron chi connectivity index (χ2n) is 4.39. The average molecular weight is 274 g/mol. The summed E-state index contributed by atoms with van der Waals surface area (Å²) >= 11 is 1.46. The van der Waals surface area contributed by atoms with Gasteiger partial charge in [-0.05, 0) is 37.1 Å². The van der Waals surface area contributed by atoms with Gasteiger partial charge in [0.15, 0.2) is 0 Å². The number of nitrogens with one attached hydrogen (secondary N) is 1. The van der Waals surface area contributed by atoms with Gasteiger partial charge in [0.2, 0.25) is 0 Å². The largest absolute Gasteiger partial charge is 0.310 e. The van der Waals surface area contributed by atoms with E-state index < -0.39 is 0 Å². The number of benzene rings is 1. The van der Waals surface area contributed by atoms with Crippen molar-refractivity contribution in [1.29, 1.82) is 0 Å². The van der Waals surface area contributed by atoms with E-state index in [0.29, 0.717) is 11.2 Å². The average Bonchev–Trinajstić information content (AvgIpc) is 2.67. The number of hydrogen-bond acceptors (Lipinski definition) is 3. The molecular weight excluding hydrogens is 263 g/mol. The summed E-state index contributed by atoms with van der Waals surface area (Å²) in [6.07, 6.45) is 0. The lowest BCUT2D eigenvalue weighted by Gasteiger charge is -1.99. The fraction of sp³-hybridized carbons (Fsp3) is 0.143. The summed E-state index contributed by atoms with van der Waals surface area (Å²) in [7, 11) is 0. The van der Waals surface area contributed by atoms with Gasteiger partial charge in [-0.2, -0.15) is 0 Å². The SMILES string of the molecule is Cc1nc2sc(-c3ccc(F)cc3)c(C)c2c(=O)[nH]1. The van der Waals surface area contributed by atoms with Crippen LogP contribution in [0.25, 0.3) is 20.7 Å². The first-order valence-corrected chi connectivity index (χ1v) is 6.64. The quantitative estimate of drug-likeness (QED) is 0.739. The van der Waals surface area contributed by atoms with Crippen LogP contribution in [-0.4, -0.2) is 9.97 Å². The Kier molecular flexibility index (Phi) is 2.71. The molecule has 0 amide bonds. The molecule has 1 N–H and O–H groups in total. The molecule has 5 heteroatoms. The molecule has 2 aromatic heterocycles. The number of aromatic nitrogens is 2. The summed E-state index contributed by atoms with van der Waals surface area (Å²) in [5.74, 6) is 0.332. The third-order valence-electron chi connectivity index (χ3n) is 3.03. The molecule has 3 rings (SSSR count). The van der Waals surface area contributed by atoms with E-state index >= 15 is 0 Å². The molecule has 3 aromatic rings. The fourth-order valence-electron chi connectivity index (χ4n) is 2.13. The van der Waals surface area contributed by atoms with Crippen molar-refractivity contribution < 1.29 is 4.39 Å². The van der Waals surface area contributed by atoms with Crippen LogP contribution >= 0.6 is 11.3 Å². The third kappa shape index (κ3) is 1.96. The smallest absolute Gasteiger partial charge is 0.259 e. The molecule has 0 unspecified atom stereocenters. The summed E-state index contributed by atoms with van der Waals surface area (Å²) in [6.45, 7) is 3.65. The highest BCUT2D eigenvalue weighted by Gasteiger charge is 2.14. The first-order chi connectivity index (χ1) is 9.06. The van der Waals surface area contributed by atoms with Crippen LogP contribution in [0.2, 0.25) is 0 Å².